The molecule has 3 aromatic carbocycles. The lowest BCUT2D eigenvalue weighted by atomic mass is 10.1. The standard InChI is InChI=1S/C20H17N3O2S/c1-15-13-20(23(21-15)18-9-3-2-4-10-18)22-26(24,25)19-12-11-16-7-5-6-8-17(16)14-19/h2-14,22H,1H3. The Bertz CT molecular complexity index is 1180. The van der Waals surface area contributed by atoms with Crippen molar-refractivity contribution in [2.24, 2.45) is 0 Å². The minimum atomic E-state index is -3.73. The van der Waals surface area contributed by atoms with Crippen molar-refractivity contribution in [2.75, 3.05) is 4.72 Å². The highest BCUT2D eigenvalue weighted by Gasteiger charge is 2.18. The summed E-state index contributed by atoms with van der Waals surface area (Å²) in [6, 6.07) is 23.9. The Labute approximate surface area is 152 Å². The van der Waals surface area contributed by atoms with E-state index in [0.29, 0.717) is 5.82 Å². The summed E-state index contributed by atoms with van der Waals surface area (Å²) in [5, 5.41) is 6.27. The number of hydrogen-bond acceptors (Lipinski definition) is 3. The second-order valence-corrected chi connectivity index (χ2v) is 7.72. The zero-order chi connectivity index (χ0) is 18.1. The van der Waals surface area contributed by atoms with Crippen molar-refractivity contribution < 1.29 is 8.42 Å². The number of rotatable bonds is 4. The van der Waals surface area contributed by atoms with Gasteiger partial charge < -0.3 is 0 Å². The van der Waals surface area contributed by atoms with Gasteiger partial charge in [-0.3, -0.25) is 4.72 Å². The van der Waals surface area contributed by atoms with Crippen molar-refractivity contribution in [2.45, 2.75) is 11.8 Å². The number of aryl methyl sites for hydroxylation is 1. The molecule has 0 radical (unpaired) electrons. The smallest absolute Gasteiger partial charge is 0.263 e. The number of para-hydroxylation sites is 1. The fourth-order valence-corrected chi connectivity index (χ4v) is 3.94. The molecule has 1 aromatic heterocycles. The fraction of sp³-hybridized carbons (Fsp3) is 0.0500. The molecule has 0 unspecified atom stereocenters. The summed E-state index contributed by atoms with van der Waals surface area (Å²) in [5.41, 5.74) is 1.52. The van der Waals surface area contributed by atoms with Gasteiger partial charge in [-0.15, -0.1) is 0 Å². The average molecular weight is 363 g/mol. The molecule has 130 valence electrons. The third kappa shape index (κ3) is 3.07. The van der Waals surface area contributed by atoms with Crippen LogP contribution >= 0.6 is 0 Å². The lowest BCUT2D eigenvalue weighted by Crippen LogP contribution is -2.15. The van der Waals surface area contributed by atoms with E-state index in [2.05, 4.69) is 9.82 Å². The van der Waals surface area contributed by atoms with Gasteiger partial charge in [-0.1, -0.05) is 48.5 Å². The molecule has 0 aliphatic carbocycles. The van der Waals surface area contributed by atoms with Gasteiger partial charge in [-0.2, -0.15) is 5.10 Å². The SMILES string of the molecule is Cc1cc(NS(=O)(=O)c2ccc3ccccc3c2)n(-c2ccccc2)n1. The predicted octanol–water partition coefficient (Wildman–Crippen LogP) is 4.13. The number of anilines is 1. The average Bonchev–Trinajstić information content (AvgIpc) is 3.01. The third-order valence-corrected chi connectivity index (χ3v) is 5.45. The van der Waals surface area contributed by atoms with Gasteiger partial charge in [0, 0.05) is 6.07 Å². The Kier molecular flexibility index (Phi) is 3.97. The lowest BCUT2D eigenvalue weighted by Gasteiger charge is -2.11. The van der Waals surface area contributed by atoms with Crippen LogP contribution in [0.2, 0.25) is 0 Å². The van der Waals surface area contributed by atoms with Crippen LogP contribution in [0.1, 0.15) is 5.69 Å². The summed E-state index contributed by atoms with van der Waals surface area (Å²) >= 11 is 0. The minimum absolute atomic E-state index is 0.217. The zero-order valence-electron chi connectivity index (χ0n) is 14.1. The van der Waals surface area contributed by atoms with Gasteiger partial charge in [0.2, 0.25) is 0 Å². The van der Waals surface area contributed by atoms with E-state index < -0.39 is 10.0 Å². The molecule has 1 N–H and O–H groups in total. The maximum Gasteiger partial charge on any atom is 0.263 e. The highest BCUT2D eigenvalue weighted by Crippen LogP contribution is 2.23. The molecule has 1 heterocycles. The largest absolute Gasteiger partial charge is 0.263 e. The molecule has 0 aliphatic rings. The van der Waals surface area contributed by atoms with E-state index in [1.54, 1.807) is 22.9 Å². The molecule has 26 heavy (non-hydrogen) atoms. The van der Waals surface area contributed by atoms with Crippen molar-refractivity contribution in [1.29, 1.82) is 0 Å². The zero-order valence-corrected chi connectivity index (χ0v) is 14.9. The van der Waals surface area contributed by atoms with Crippen LogP contribution in [0.5, 0.6) is 0 Å². The van der Waals surface area contributed by atoms with E-state index in [1.807, 2.05) is 67.6 Å². The van der Waals surface area contributed by atoms with Crippen LogP contribution in [0.25, 0.3) is 16.5 Å². The highest BCUT2D eigenvalue weighted by atomic mass is 32.2. The molecule has 4 rings (SSSR count). The fourth-order valence-electron chi connectivity index (χ4n) is 2.87. The molecule has 0 spiro atoms. The van der Waals surface area contributed by atoms with Crippen molar-refractivity contribution in [3.63, 3.8) is 0 Å². The molecular weight excluding hydrogens is 346 g/mol. The third-order valence-electron chi connectivity index (χ3n) is 4.10. The molecule has 5 nitrogen and oxygen atoms in total. The predicted molar refractivity (Wildman–Crippen MR) is 103 cm³/mol. The van der Waals surface area contributed by atoms with Crippen LogP contribution in [0, 0.1) is 6.92 Å². The summed E-state index contributed by atoms with van der Waals surface area (Å²) in [5.74, 6) is 0.404. The second-order valence-electron chi connectivity index (χ2n) is 6.03. The van der Waals surface area contributed by atoms with Crippen LogP contribution in [0.15, 0.2) is 83.8 Å². The van der Waals surface area contributed by atoms with Gasteiger partial charge in [-0.05, 0) is 42.0 Å². The van der Waals surface area contributed by atoms with Crippen LogP contribution < -0.4 is 4.72 Å². The first-order chi connectivity index (χ1) is 12.5. The van der Waals surface area contributed by atoms with Crippen LogP contribution in [0.3, 0.4) is 0 Å². The number of nitrogens with one attached hydrogen (secondary N) is 1. The van der Waals surface area contributed by atoms with E-state index in [-0.39, 0.29) is 4.90 Å². The number of nitrogens with zero attached hydrogens (tertiary/aromatic N) is 2. The van der Waals surface area contributed by atoms with Gasteiger partial charge in [0.25, 0.3) is 10.0 Å². The van der Waals surface area contributed by atoms with Crippen LogP contribution in [-0.4, -0.2) is 18.2 Å². The quantitative estimate of drug-likeness (QED) is 0.593. The molecule has 6 heteroatoms. The maximum absolute atomic E-state index is 12.9. The summed E-state index contributed by atoms with van der Waals surface area (Å²) in [4.78, 5) is 0.217. The summed E-state index contributed by atoms with van der Waals surface area (Å²) in [6.07, 6.45) is 0. The number of hydrogen-bond donors (Lipinski definition) is 1. The second kappa shape index (κ2) is 6.31. The first-order valence-corrected chi connectivity index (χ1v) is 9.65. The van der Waals surface area contributed by atoms with Gasteiger partial charge in [-0.25, -0.2) is 13.1 Å². The Morgan fingerprint density at radius 3 is 2.31 bits per heavy atom. The number of benzene rings is 3. The molecule has 0 aliphatic heterocycles. The van der Waals surface area contributed by atoms with E-state index in [4.69, 9.17) is 0 Å². The Hall–Kier alpha value is -3.12. The first-order valence-electron chi connectivity index (χ1n) is 8.17. The van der Waals surface area contributed by atoms with Crippen LogP contribution in [0.4, 0.5) is 5.82 Å². The van der Waals surface area contributed by atoms with Crippen molar-refractivity contribution in [3.8, 4) is 5.69 Å². The Morgan fingerprint density at radius 1 is 0.846 bits per heavy atom. The molecular formula is C20H17N3O2S. The van der Waals surface area contributed by atoms with E-state index >= 15 is 0 Å². The van der Waals surface area contributed by atoms with Gasteiger partial charge in [0.05, 0.1) is 16.3 Å². The molecule has 4 aromatic rings. The van der Waals surface area contributed by atoms with Crippen molar-refractivity contribution >= 4 is 26.6 Å². The van der Waals surface area contributed by atoms with E-state index in [0.717, 1.165) is 22.2 Å². The molecule has 0 bridgehead atoms. The number of fused-ring (bicyclic) bond motifs is 1. The summed E-state index contributed by atoms with van der Waals surface area (Å²) in [6.45, 7) is 1.83. The van der Waals surface area contributed by atoms with Crippen LogP contribution in [-0.2, 0) is 10.0 Å². The molecule has 0 amide bonds. The Balaban J connectivity index is 1.74. The van der Waals surface area contributed by atoms with Gasteiger partial charge in [0.1, 0.15) is 5.82 Å². The normalized spacial score (nSPS) is 11.6. The molecule has 0 fully saturated rings. The molecule has 0 saturated heterocycles. The molecule has 0 atom stereocenters. The monoisotopic (exact) mass is 363 g/mol. The van der Waals surface area contributed by atoms with Gasteiger partial charge in [0.15, 0.2) is 0 Å². The summed E-state index contributed by atoms with van der Waals surface area (Å²) in [7, 11) is -3.73. The maximum atomic E-state index is 12.9. The van der Waals surface area contributed by atoms with Gasteiger partial charge >= 0.3 is 0 Å². The van der Waals surface area contributed by atoms with Crippen molar-refractivity contribution in [1.82, 2.24) is 9.78 Å². The topological polar surface area (TPSA) is 64.0 Å². The highest BCUT2D eigenvalue weighted by molar-refractivity contribution is 7.92. The minimum Gasteiger partial charge on any atom is -0.263 e. The first kappa shape index (κ1) is 16.4. The van der Waals surface area contributed by atoms with Crippen molar-refractivity contribution in [3.05, 3.63) is 84.6 Å². The van der Waals surface area contributed by atoms with E-state index in [9.17, 15) is 8.42 Å². The number of aromatic nitrogens is 2. The molecule has 0 saturated carbocycles. The summed E-state index contributed by atoms with van der Waals surface area (Å²) < 4.78 is 30.0. The van der Waals surface area contributed by atoms with E-state index in [1.165, 1.54) is 0 Å². The lowest BCUT2D eigenvalue weighted by molar-refractivity contribution is 0.601. The number of sulfonamides is 1. The Morgan fingerprint density at radius 2 is 1.54 bits per heavy atom.